The van der Waals surface area contributed by atoms with Gasteiger partial charge in [-0.1, -0.05) is 98.4 Å². The van der Waals surface area contributed by atoms with Gasteiger partial charge in [-0.25, -0.2) is 0 Å². The third kappa shape index (κ3) is 6.32. The van der Waals surface area contributed by atoms with Crippen molar-refractivity contribution < 1.29 is 0 Å². The van der Waals surface area contributed by atoms with Gasteiger partial charge < -0.3 is 5.32 Å². The van der Waals surface area contributed by atoms with Crippen molar-refractivity contribution >= 4 is 17.1 Å². The van der Waals surface area contributed by atoms with Crippen molar-refractivity contribution in [1.29, 1.82) is 0 Å². The zero-order valence-electron chi connectivity index (χ0n) is 21.1. The molecule has 1 N–H and O–H groups in total. The van der Waals surface area contributed by atoms with Crippen molar-refractivity contribution in [3.8, 4) is 0 Å². The van der Waals surface area contributed by atoms with Gasteiger partial charge in [-0.15, -0.1) is 0 Å². The van der Waals surface area contributed by atoms with Crippen molar-refractivity contribution in [2.24, 2.45) is 4.99 Å². The van der Waals surface area contributed by atoms with Crippen LogP contribution in [0.1, 0.15) is 115 Å². The minimum Gasteiger partial charge on any atom is -0.359 e. The summed E-state index contributed by atoms with van der Waals surface area (Å²) in [6.07, 6.45) is 0.730. The lowest BCUT2D eigenvalue weighted by Gasteiger charge is -2.22. The highest BCUT2D eigenvalue weighted by molar-refractivity contribution is 5.88. The van der Waals surface area contributed by atoms with Crippen LogP contribution in [-0.2, 0) is 0 Å². The summed E-state index contributed by atoms with van der Waals surface area (Å²) in [7, 11) is 0. The van der Waals surface area contributed by atoms with Crippen LogP contribution in [0.25, 0.3) is 0 Å². The molecule has 168 valence electrons. The lowest BCUT2D eigenvalue weighted by molar-refractivity contribution is 0.834. The van der Waals surface area contributed by atoms with E-state index in [4.69, 9.17) is 4.99 Å². The van der Waals surface area contributed by atoms with Gasteiger partial charge in [0.2, 0.25) is 0 Å². The summed E-state index contributed by atoms with van der Waals surface area (Å²) in [5.41, 5.74) is 9.75. The summed E-state index contributed by atoms with van der Waals surface area (Å²) in [5, 5.41) is 3.66. The fourth-order valence-corrected chi connectivity index (χ4v) is 4.10. The number of nitrogens with zero attached hydrogens (tertiary/aromatic N) is 1. The van der Waals surface area contributed by atoms with E-state index in [1.165, 1.54) is 27.9 Å². The number of hydrogen-bond donors (Lipinski definition) is 1. The molecule has 2 nitrogen and oxygen atoms in total. The first-order valence-corrected chi connectivity index (χ1v) is 11.8. The van der Waals surface area contributed by atoms with E-state index in [1.54, 1.807) is 0 Å². The number of anilines is 1. The van der Waals surface area contributed by atoms with Gasteiger partial charge in [-0.3, -0.25) is 4.99 Å². The minimum absolute atomic E-state index is 0.443. The number of para-hydroxylation sites is 2. The molecule has 0 heterocycles. The Bertz CT molecular complexity index is 877. The Morgan fingerprint density at radius 3 is 1.52 bits per heavy atom. The summed E-state index contributed by atoms with van der Waals surface area (Å²) >= 11 is 0. The fourth-order valence-electron chi connectivity index (χ4n) is 4.10. The second-order valence-corrected chi connectivity index (χ2v) is 9.97. The molecule has 0 aliphatic rings. The van der Waals surface area contributed by atoms with E-state index in [2.05, 4.69) is 111 Å². The Balaban J connectivity index is 2.34. The molecule has 0 aliphatic carbocycles. The van der Waals surface area contributed by atoms with Crippen LogP contribution in [0.2, 0.25) is 0 Å². The zero-order valence-corrected chi connectivity index (χ0v) is 21.1. The molecular formula is C29H42N2. The quantitative estimate of drug-likeness (QED) is 0.403. The van der Waals surface area contributed by atoms with Crippen LogP contribution in [0.15, 0.2) is 53.7 Å². The number of nitrogens with one attached hydrogen (secondary N) is 1. The Morgan fingerprint density at radius 1 is 0.742 bits per heavy atom. The molecule has 0 bridgehead atoms. The fraction of sp³-hybridized carbons (Fsp3) is 0.483. The predicted octanol–water partition coefficient (Wildman–Crippen LogP) is 9.29. The highest BCUT2D eigenvalue weighted by Crippen LogP contribution is 2.36. The normalized spacial score (nSPS) is 12.4. The lowest BCUT2D eigenvalue weighted by atomic mass is 9.92. The molecule has 2 aromatic rings. The van der Waals surface area contributed by atoms with Gasteiger partial charge in [-0.05, 0) is 52.8 Å². The van der Waals surface area contributed by atoms with Crippen LogP contribution in [0.5, 0.6) is 0 Å². The lowest BCUT2D eigenvalue weighted by Crippen LogP contribution is -2.09. The molecule has 0 radical (unpaired) electrons. The first-order valence-electron chi connectivity index (χ1n) is 11.8. The molecule has 0 aliphatic heterocycles. The van der Waals surface area contributed by atoms with Crippen LogP contribution < -0.4 is 5.32 Å². The van der Waals surface area contributed by atoms with Gasteiger partial charge in [0.05, 0.1) is 5.69 Å². The first kappa shape index (κ1) is 24.9. The minimum atomic E-state index is 0.443. The summed E-state index contributed by atoms with van der Waals surface area (Å²) in [5.74, 6) is 1.79. The Morgan fingerprint density at radius 2 is 1.13 bits per heavy atom. The number of hydrogen-bond acceptors (Lipinski definition) is 2. The van der Waals surface area contributed by atoms with Crippen molar-refractivity contribution in [2.45, 2.75) is 92.4 Å². The maximum Gasteiger partial charge on any atom is 0.0698 e. The molecule has 0 saturated heterocycles. The molecule has 2 rings (SSSR count). The average Bonchev–Trinajstić information content (AvgIpc) is 2.67. The molecule has 0 aromatic heterocycles. The second-order valence-electron chi connectivity index (χ2n) is 9.97. The molecule has 0 fully saturated rings. The summed E-state index contributed by atoms with van der Waals surface area (Å²) in [6.45, 7) is 24.4. The smallest absolute Gasteiger partial charge is 0.0698 e. The average molecular weight is 419 g/mol. The van der Waals surface area contributed by atoms with E-state index < -0.39 is 0 Å². The highest BCUT2D eigenvalue weighted by Gasteiger charge is 2.16. The van der Waals surface area contributed by atoms with Crippen LogP contribution in [0, 0.1) is 0 Å². The summed E-state index contributed by atoms with van der Waals surface area (Å²) in [4.78, 5) is 5.11. The molecule has 0 unspecified atom stereocenters. The number of rotatable bonds is 9. The van der Waals surface area contributed by atoms with Crippen molar-refractivity contribution in [3.05, 3.63) is 70.9 Å². The molecule has 0 atom stereocenters. The van der Waals surface area contributed by atoms with Gasteiger partial charge >= 0.3 is 0 Å². The maximum atomic E-state index is 5.11. The Kier molecular flexibility index (Phi) is 8.68. The molecule has 0 spiro atoms. The molecule has 2 heteroatoms. The van der Waals surface area contributed by atoms with Crippen LogP contribution in [0.4, 0.5) is 11.4 Å². The van der Waals surface area contributed by atoms with Crippen LogP contribution in [-0.4, -0.2) is 5.71 Å². The predicted molar refractivity (Wildman–Crippen MR) is 139 cm³/mol. The molecule has 31 heavy (non-hydrogen) atoms. The van der Waals surface area contributed by atoms with Crippen LogP contribution >= 0.6 is 0 Å². The largest absolute Gasteiger partial charge is 0.359 e. The standard InChI is InChI=1S/C29H42N2/c1-18(2)24-13-11-14-25(19(3)4)28(24)30-22(9)17-23(10)31-29-26(20(5)6)15-12-16-27(29)21(7)8/h11-16,18-21,30H,9,17H2,1-8,10H3. The van der Waals surface area contributed by atoms with Gasteiger partial charge in [-0.2, -0.15) is 0 Å². The topological polar surface area (TPSA) is 24.4 Å². The van der Waals surface area contributed by atoms with E-state index in [1.807, 2.05) is 0 Å². The Labute approximate surface area is 190 Å². The third-order valence-corrected chi connectivity index (χ3v) is 5.79. The van der Waals surface area contributed by atoms with Gasteiger partial charge in [0.1, 0.15) is 0 Å². The SMILES string of the molecule is C=C(CC(C)=Nc1c(C(C)C)cccc1C(C)C)Nc1c(C(C)C)cccc1C(C)C. The summed E-state index contributed by atoms with van der Waals surface area (Å²) in [6, 6.07) is 13.2. The van der Waals surface area contributed by atoms with Crippen molar-refractivity contribution in [2.75, 3.05) is 5.32 Å². The summed E-state index contributed by atoms with van der Waals surface area (Å²) < 4.78 is 0. The molecule has 0 saturated carbocycles. The molecule has 2 aromatic carbocycles. The van der Waals surface area contributed by atoms with E-state index in [0.717, 1.165) is 23.5 Å². The van der Waals surface area contributed by atoms with E-state index in [-0.39, 0.29) is 0 Å². The van der Waals surface area contributed by atoms with Gasteiger partial charge in [0.25, 0.3) is 0 Å². The third-order valence-electron chi connectivity index (χ3n) is 5.79. The number of aliphatic imine (C=N–C) groups is 1. The number of benzene rings is 2. The number of allylic oxidation sites excluding steroid dienone is 1. The first-order chi connectivity index (χ1) is 14.5. The van der Waals surface area contributed by atoms with Crippen molar-refractivity contribution in [1.82, 2.24) is 0 Å². The Hall–Kier alpha value is -2.35. The maximum absolute atomic E-state index is 5.11. The van der Waals surface area contributed by atoms with Gasteiger partial charge in [0.15, 0.2) is 0 Å². The van der Waals surface area contributed by atoms with Crippen LogP contribution in [0.3, 0.4) is 0 Å². The zero-order chi connectivity index (χ0) is 23.3. The molecule has 0 amide bonds. The highest BCUT2D eigenvalue weighted by atomic mass is 14.9. The van der Waals surface area contributed by atoms with Gasteiger partial charge in [0, 0.05) is 23.5 Å². The van der Waals surface area contributed by atoms with E-state index >= 15 is 0 Å². The van der Waals surface area contributed by atoms with E-state index in [0.29, 0.717) is 23.7 Å². The monoisotopic (exact) mass is 418 g/mol. The van der Waals surface area contributed by atoms with Crippen molar-refractivity contribution in [3.63, 3.8) is 0 Å². The molecular weight excluding hydrogens is 376 g/mol. The second kappa shape index (κ2) is 10.8. The van der Waals surface area contributed by atoms with E-state index in [9.17, 15) is 0 Å².